The van der Waals surface area contributed by atoms with Gasteiger partial charge in [-0.1, -0.05) is 0 Å². The first kappa shape index (κ1) is 16.2. The van der Waals surface area contributed by atoms with Crippen molar-refractivity contribution < 1.29 is 14.3 Å². The zero-order valence-electron chi connectivity index (χ0n) is 12.2. The molecule has 20 heavy (non-hydrogen) atoms. The highest BCUT2D eigenvalue weighted by molar-refractivity contribution is 5.94. The molecule has 0 saturated carbocycles. The van der Waals surface area contributed by atoms with E-state index in [9.17, 15) is 9.59 Å². The van der Waals surface area contributed by atoms with Crippen LogP contribution >= 0.6 is 0 Å². The minimum atomic E-state index is -0.107. The summed E-state index contributed by atoms with van der Waals surface area (Å²) < 4.78 is 5.21. The average molecular weight is 278 g/mol. The van der Waals surface area contributed by atoms with Crippen LogP contribution in [0.5, 0.6) is 5.75 Å². The van der Waals surface area contributed by atoms with Crippen LogP contribution in [0.1, 0.15) is 36.2 Å². The number of hydrogen-bond acceptors (Lipinski definition) is 4. The Labute approximate surface area is 119 Å². The van der Waals surface area contributed by atoms with E-state index < -0.39 is 0 Å². The lowest BCUT2D eigenvalue weighted by Crippen LogP contribution is -2.30. The molecule has 1 aromatic carbocycles. The molecule has 1 rings (SSSR count). The molecule has 0 aliphatic carbocycles. The van der Waals surface area contributed by atoms with E-state index in [4.69, 9.17) is 10.5 Å². The molecule has 1 atom stereocenters. The van der Waals surface area contributed by atoms with E-state index in [0.29, 0.717) is 23.4 Å². The fourth-order valence-corrected chi connectivity index (χ4v) is 1.81. The van der Waals surface area contributed by atoms with Gasteiger partial charge in [-0.2, -0.15) is 0 Å². The van der Waals surface area contributed by atoms with Gasteiger partial charge in [0.25, 0.3) is 0 Å². The quantitative estimate of drug-likeness (QED) is 0.736. The van der Waals surface area contributed by atoms with E-state index in [1.54, 1.807) is 25.3 Å². The van der Waals surface area contributed by atoms with Crippen molar-refractivity contribution in [2.45, 2.75) is 32.7 Å². The lowest BCUT2D eigenvalue weighted by Gasteiger charge is -2.11. The summed E-state index contributed by atoms with van der Waals surface area (Å²) in [6.45, 7) is 3.94. The molecule has 0 spiro atoms. The number of Topliss-reactive ketones (excluding diaryl/α,β-unsaturated/α-hetero) is 1. The Hall–Kier alpha value is -1.88. The van der Waals surface area contributed by atoms with Gasteiger partial charge in [-0.15, -0.1) is 0 Å². The monoisotopic (exact) mass is 278 g/mol. The number of carbonyl (C=O) groups is 2. The predicted octanol–water partition coefficient (Wildman–Crippen LogP) is 1.29. The topological polar surface area (TPSA) is 81.4 Å². The second-order valence-electron chi connectivity index (χ2n) is 4.88. The van der Waals surface area contributed by atoms with E-state index in [1.807, 2.05) is 6.92 Å². The first-order chi connectivity index (χ1) is 9.43. The average Bonchev–Trinajstić information content (AvgIpc) is 2.38. The number of methoxy groups -OCH3 is 1. The minimum Gasteiger partial charge on any atom is -0.496 e. The predicted molar refractivity (Wildman–Crippen MR) is 78.0 cm³/mol. The van der Waals surface area contributed by atoms with Gasteiger partial charge in [-0.25, -0.2) is 0 Å². The molecule has 0 aliphatic rings. The van der Waals surface area contributed by atoms with Crippen molar-refractivity contribution in [1.29, 1.82) is 0 Å². The van der Waals surface area contributed by atoms with E-state index >= 15 is 0 Å². The fraction of sp³-hybridized carbons (Fsp3) is 0.467. The smallest absolute Gasteiger partial charge is 0.224 e. The first-order valence-electron chi connectivity index (χ1n) is 6.64. The molecule has 1 unspecified atom stereocenters. The van der Waals surface area contributed by atoms with Crippen LogP contribution in [-0.2, 0) is 11.2 Å². The lowest BCUT2D eigenvalue weighted by molar-refractivity contribution is -0.120. The standard InChI is InChI=1S/C15H22N2O3/c1-10(16)6-7-17-15(19)9-13-8-12(11(2)18)4-5-14(13)20-3/h4-5,8,10H,6-7,9,16H2,1-3H3,(H,17,19). The lowest BCUT2D eigenvalue weighted by atomic mass is 10.0. The Bertz CT molecular complexity index is 484. The van der Waals surface area contributed by atoms with Crippen LogP contribution in [0.3, 0.4) is 0 Å². The first-order valence-corrected chi connectivity index (χ1v) is 6.64. The fourth-order valence-electron chi connectivity index (χ4n) is 1.81. The summed E-state index contributed by atoms with van der Waals surface area (Å²) in [6.07, 6.45) is 0.916. The van der Waals surface area contributed by atoms with Crippen LogP contribution in [0.4, 0.5) is 0 Å². The Balaban J connectivity index is 2.71. The number of hydrogen-bond donors (Lipinski definition) is 2. The molecule has 110 valence electrons. The molecule has 0 aromatic heterocycles. The number of nitrogens with two attached hydrogens (primary N) is 1. The number of benzene rings is 1. The van der Waals surface area contributed by atoms with E-state index in [2.05, 4.69) is 5.32 Å². The second kappa shape index (κ2) is 7.65. The summed E-state index contributed by atoms with van der Waals surface area (Å²) in [4.78, 5) is 23.2. The van der Waals surface area contributed by atoms with Gasteiger partial charge in [0.15, 0.2) is 5.78 Å². The maximum absolute atomic E-state index is 11.9. The zero-order chi connectivity index (χ0) is 15.1. The molecule has 1 amide bonds. The van der Waals surface area contributed by atoms with Crippen molar-refractivity contribution in [3.63, 3.8) is 0 Å². The second-order valence-corrected chi connectivity index (χ2v) is 4.88. The highest BCUT2D eigenvalue weighted by atomic mass is 16.5. The number of ether oxygens (including phenoxy) is 1. The van der Waals surface area contributed by atoms with Crippen molar-refractivity contribution >= 4 is 11.7 Å². The van der Waals surface area contributed by atoms with Crippen LogP contribution in [0.25, 0.3) is 0 Å². The van der Waals surface area contributed by atoms with E-state index in [0.717, 1.165) is 6.42 Å². The van der Waals surface area contributed by atoms with Gasteiger partial charge in [-0.3, -0.25) is 9.59 Å². The molecular formula is C15H22N2O3. The number of nitrogens with one attached hydrogen (secondary N) is 1. The molecule has 0 fully saturated rings. The van der Waals surface area contributed by atoms with Crippen molar-refractivity contribution in [2.24, 2.45) is 5.73 Å². The number of rotatable bonds is 7. The van der Waals surface area contributed by atoms with Crippen molar-refractivity contribution in [1.82, 2.24) is 5.32 Å². The largest absolute Gasteiger partial charge is 0.496 e. The molecule has 3 N–H and O–H groups in total. The molecule has 0 heterocycles. The molecule has 0 aliphatic heterocycles. The normalized spacial score (nSPS) is 11.8. The third-order valence-electron chi connectivity index (χ3n) is 2.96. The van der Waals surface area contributed by atoms with Gasteiger partial charge >= 0.3 is 0 Å². The maximum Gasteiger partial charge on any atom is 0.224 e. The van der Waals surface area contributed by atoms with Gasteiger partial charge in [0.05, 0.1) is 13.5 Å². The molecule has 0 saturated heterocycles. The third-order valence-corrected chi connectivity index (χ3v) is 2.96. The van der Waals surface area contributed by atoms with Crippen LogP contribution in [-0.4, -0.2) is 31.4 Å². The molecule has 0 bridgehead atoms. The third kappa shape index (κ3) is 5.01. The van der Waals surface area contributed by atoms with Gasteiger partial charge < -0.3 is 15.8 Å². The Morgan fingerprint density at radius 1 is 1.40 bits per heavy atom. The van der Waals surface area contributed by atoms with Gasteiger partial charge in [0.1, 0.15) is 5.75 Å². The van der Waals surface area contributed by atoms with Gasteiger partial charge in [0.2, 0.25) is 5.91 Å². The summed E-state index contributed by atoms with van der Waals surface area (Å²) in [5.74, 6) is 0.466. The number of carbonyl (C=O) groups excluding carboxylic acids is 2. The molecule has 1 aromatic rings. The van der Waals surface area contributed by atoms with Crippen molar-refractivity contribution in [3.05, 3.63) is 29.3 Å². The minimum absolute atomic E-state index is 0.0359. The summed E-state index contributed by atoms with van der Waals surface area (Å²) in [7, 11) is 1.54. The van der Waals surface area contributed by atoms with E-state index in [1.165, 1.54) is 6.92 Å². The summed E-state index contributed by atoms with van der Waals surface area (Å²) >= 11 is 0. The zero-order valence-corrected chi connectivity index (χ0v) is 12.2. The number of amides is 1. The Kier molecular flexibility index (Phi) is 6.18. The maximum atomic E-state index is 11.9. The summed E-state index contributed by atoms with van der Waals surface area (Å²) in [5.41, 5.74) is 6.90. The summed E-state index contributed by atoms with van der Waals surface area (Å²) in [5, 5.41) is 2.80. The number of ketones is 1. The van der Waals surface area contributed by atoms with Crippen molar-refractivity contribution in [2.75, 3.05) is 13.7 Å². The van der Waals surface area contributed by atoms with Crippen LogP contribution in [0.15, 0.2) is 18.2 Å². The Morgan fingerprint density at radius 2 is 2.10 bits per heavy atom. The van der Waals surface area contributed by atoms with Crippen LogP contribution in [0, 0.1) is 0 Å². The van der Waals surface area contributed by atoms with Gasteiger partial charge in [0, 0.05) is 23.7 Å². The molecule has 5 nitrogen and oxygen atoms in total. The Morgan fingerprint density at radius 3 is 2.65 bits per heavy atom. The molecule has 5 heteroatoms. The van der Waals surface area contributed by atoms with E-state index in [-0.39, 0.29) is 24.2 Å². The van der Waals surface area contributed by atoms with Gasteiger partial charge in [-0.05, 0) is 38.5 Å². The SMILES string of the molecule is COc1ccc(C(C)=O)cc1CC(=O)NCCC(C)N. The van der Waals surface area contributed by atoms with Crippen molar-refractivity contribution in [3.8, 4) is 5.75 Å². The van der Waals surface area contributed by atoms with Crippen LogP contribution in [0.2, 0.25) is 0 Å². The van der Waals surface area contributed by atoms with Crippen LogP contribution < -0.4 is 15.8 Å². The highest BCUT2D eigenvalue weighted by Crippen LogP contribution is 2.20. The summed E-state index contributed by atoms with van der Waals surface area (Å²) in [6, 6.07) is 5.16. The highest BCUT2D eigenvalue weighted by Gasteiger charge is 2.11. The molecule has 0 radical (unpaired) electrons. The molecular weight excluding hydrogens is 256 g/mol.